The Labute approximate surface area is 227 Å². The molecule has 3 unspecified atom stereocenters. The fraction of sp³-hybridized carbons (Fsp3) is 0.500. The summed E-state index contributed by atoms with van der Waals surface area (Å²) in [4.78, 5) is 26.7. The van der Waals surface area contributed by atoms with Crippen LogP contribution in [0.2, 0.25) is 0 Å². The minimum absolute atomic E-state index is 0.00423. The van der Waals surface area contributed by atoms with Crippen LogP contribution in [-0.4, -0.2) is 53.2 Å². The van der Waals surface area contributed by atoms with Crippen molar-refractivity contribution in [3.05, 3.63) is 78.4 Å². The third-order valence-electron chi connectivity index (χ3n) is 8.34. The van der Waals surface area contributed by atoms with E-state index in [1.54, 1.807) is 6.07 Å². The number of carbonyl (C=O) groups is 2. The number of aryl methyl sites for hydroxylation is 1. The van der Waals surface area contributed by atoms with Gasteiger partial charge in [0.2, 0.25) is 5.91 Å². The maximum atomic E-state index is 12.9. The van der Waals surface area contributed by atoms with Crippen LogP contribution in [0.1, 0.15) is 69.4 Å². The van der Waals surface area contributed by atoms with E-state index in [0.29, 0.717) is 31.6 Å². The van der Waals surface area contributed by atoms with Crippen molar-refractivity contribution in [2.75, 3.05) is 19.6 Å². The van der Waals surface area contributed by atoms with E-state index in [1.165, 1.54) is 12.5 Å². The molecule has 2 N–H and O–H groups in total. The number of likely N-dealkylation sites (tertiary alicyclic amines) is 1. The summed E-state index contributed by atoms with van der Waals surface area (Å²) in [6.07, 6.45) is 9.19. The van der Waals surface area contributed by atoms with Crippen LogP contribution in [0.25, 0.3) is 0 Å². The molecule has 38 heavy (non-hydrogen) atoms. The molecule has 4 rings (SSSR count). The van der Waals surface area contributed by atoms with E-state index in [4.69, 9.17) is 4.74 Å². The molecule has 1 amide bonds. The number of β-amino-alcohol motifs (C(OH)–C–C–N with tert-alkyl or cyclic N) is 1. The highest BCUT2D eigenvalue weighted by molar-refractivity contribution is 5.76. The lowest BCUT2D eigenvalue weighted by Crippen LogP contribution is -2.67. The number of amides is 1. The summed E-state index contributed by atoms with van der Waals surface area (Å²) in [6.45, 7) is 7.38. The number of aliphatic hydroxyl groups is 1. The molecule has 1 saturated heterocycles. The molecule has 1 heterocycles. The van der Waals surface area contributed by atoms with Gasteiger partial charge in [-0.05, 0) is 74.8 Å². The van der Waals surface area contributed by atoms with Gasteiger partial charge in [-0.25, -0.2) is 0 Å². The Bertz CT molecular complexity index is 1100. The first-order valence-corrected chi connectivity index (χ1v) is 14.0. The minimum atomic E-state index is -0.943. The Morgan fingerprint density at radius 2 is 1.95 bits per heavy atom. The highest BCUT2D eigenvalue weighted by Gasteiger charge is 2.57. The van der Waals surface area contributed by atoms with Crippen LogP contribution in [0.5, 0.6) is 5.75 Å². The van der Waals surface area contributed by atoms with E-state index >= 15 is 0 Å². The number of hydrogen-bond acceptors (Lipinski definition) is 5. The molecule has 0 spiro atoms. The van der Waals surface area contributed by atoms with Crippen LogP contribution in [0.15, 0.2) is 67.3 Å². The first-order valence-electron chi connectivity index (χ1n) is 14.0. The van der Waals surface area contributed by atoms with Crippen molar-refractivity contribution in [3.63, 3.8) is 0 Å². The number of nitrogens with one attached hydrogen (secondary N) is 1. The largest absolute Gasteiger partial charge is 0.427 e. The van der Waals surface area contributed by atoms with Gasteiger partial charge < -0.3 is 15.2 Å². The van der Waals surface area contributed by atoms with Gasteiger partial charge in [-0.3, -0.25) is 14.5 Å². The molecule has 1 aliphatic heterocycles. The van der Waals surface area contributed by atoms with Crippen LogP contribution < -0.4 is 10.1 Å². The van der Waals surface area contributed by atoms with Crippen LogP contribution in [0.4, 0.5) is 0 Å². The maximum Gasteiger partial charge on any atom is 0.308 e. The van der Waals surface area contributed by atoms with E-state index in [-0.39, 0.29) is 17.9 Å². The van der Waals surface area contributed by atoms with Crippen LogP contribution in [0.3, 0.4) is 0 Å². The second-order valence-corrected chi connectivity index (χ2v) is 11.1. The first-order chi connectivity index (χ1) is 18.3. The molecule has 0 aromatic heterocycles. The maximum absolute atomic E-state index is 12.9. The second kappa shape index (κ2) is 12.7. The lowest BCUT2D eigenvalue weighted by molar-refractivity contribution is -0.133. The van der Waals surface area contributed by atoms with Gasteiger partial charge in [0.05, 0.1) is 5.60 Å². The van der Waals surface area contributed by atoms with Gasteiger partial charge in [-0.2, -0.15) is 0 Å². The molecule has 2 aromatic rings. The number of esters is 1. The molecule has 2 fully saturated rings. The Kier molecular flexibility index (Phi) is 9.40. The van der Waals surface area contributed by atoms with Crippen molar-refractivity contribution in [3.8, 4) is 5.75 Å². The minimum Gasteiger partial charge on any atom is -0.427 e. The fourth-order valence-corrected chi connectivity index (χ4v) is 6.48. The predicted molar refractivity (Wildman–Crippen MR) is 150 cm³/mol. The number of hydrogen-bond donors (Lipinski definition) is 2. The Balaban J connectivity index is 1.41. The monoisotopic (exact) mass is 518 g/mol. The summed E-state index contributed by atoms with van der Waals surface area (Å²) < 4.78 is 5.38. The van der Waals surface area contributed by atoms with Gasteiger partial charge in [0.1, 0.15) is 5.75 Å². The number of fused-ring (bicyclic) bond motifs is 1. The number of unbranched alkanes of at least 4 members (excludes halogenated alkanes) is 2. The number of ether oxygens (including phenoxy) is 1. The molecule has 1 aliphatic carbocycles. The molecule has 6 nitrogen and oxygen atoms in total. The Morgan fingerprint density at radius 3 is 2.71 bits per heavy atom. The smallest absolute Gasteiger partial charge is 0.308 e. The Morgan fingerprint density at radius 1 is 1.13 bits per heavy atom. The molecule has 1 saturated carbocycles. The van der Waals surface area contributed by atoms with E-state index in [9.17, 15) is 14.7 Å². The average molecular weight is 519 g/mol. The summed E-state index contributed by atoms with van der Waals surface area (Å²) in [5.74, 6) is 0.211. The lowest BCUT2D eigenvalue weighted by atomic mass is 9.55. The molecule has 2 aromatic carbocycles. The second-order valence-electron chi connectivity index (χ2n) is 11.1. The van der Waals surface area contributed by atoms with Gasteiger partial charge in [0.25, 0.3) is 0 Å². The van der Waals surface area contributed by atoms with Gasteiger partial charge in [-0.1, -0.05) is 55.0 Å². The van der Waals surface area contributed by atoms with Gasteiger partial charge in [0.15, 0.2) is 0 Å². The number of carbonyl (C=O) groups excluding carboxylic acids is 2. The SMILES string of the molecule is C=CCN1CCC2(c3cccc(OC(C)=O)c3)CC(NC(=O)CCCCCc3ccccc3)CCC2(O)C1. The van der Waals surface area contributed by atoms with Crippen LogP contribution >= 0.6 is 0 Å². The standard InChI is InChI=1S/C32H42N2O4/c1-3-20-34-21-19-31(27-14-10-15-29(22-27)38-25(2)35)23-28(17-18-32(31,37)24-34)33-30(36)16-9-5-8-13-26-11-6-4-7-12-26/h3-4,6-7,10-12,14-15,22,28,37H,1,5,8-9,13,16-21,23-24H2,2H3,(H,33,36). The van der Waals surface area contributed by atoms with Crippen molar-refractivity contribution in [1.82, 2.24) is 10.2 Å². The summed E-state index contributed by atoms with van der Waals surface area (Å²) in [6, 6.07) is 18.0. The lowest BCUT2D eigenvalue weighted by Gasteiger charge is -2.58. The predicted octanol–water partition coefficient (Wildman–Crippen LogP) is 4.94. The molecule has 204 valence electrons. The summed E-state index contributed by atoms with van der Waals surface area (Å²) in [5, 5.41) is 15.4. The molecule has 6 heteroatoms. The average Bonchev–Trinajstić information content (AvgIpc) is 2.89. The molecular formula is C32H42N2O4. The van der Waals surface area contributed by atoms with Crippen molar-refractivity contribution in [2.24, 2.45) is 0 Å². The van der Waals surface area contributed by atoms with Crippen molar-refractivity contribution in [2.45, 2.75) is 81.8 Å². The molecule has 2 aliphatic rings. The molecular weight excluding hydrogens is 476 g/mol. The molecule has 3 atom stereocenters. The number of nitrogens with zero attached hydrogens (tertiary/aromatic N) is 1. The summed E-state index contributed by atoms with van der Waals surface area (Å²) in [5.41, 5.74) is 0.833. The third-order valence-corrected chi connectivity index (χ3v) is 8.34. The van der Waals surface area contributed by atoms with Gasteiger partial charge in [-0.15, -0.1) is 6.58 Å². The van der Waals surface area contributed by atoms with Crippen molar-refractivity contribution < 1.29 is 19.4 Å². The van der Waals surface area contributed by atoms with E-state index in [0.717, 1.165) is 57.2 Å². The normalized spacial score (nSPS) is 25.3. The zero-order valence-corrected chi connectivity index (χ0v) is 22.7. The third kappa shape index (κ3) is 6.72. The van der Waals surface area contributed by atoms with Crippen LogP contribution in [0, 0.1) is 0 Å². The van der Waals surface area contributed by atoms with E-state index in [1.807, 2.05) is 30.3 Å². The summed E-state index contributed by atoms with van der Waals surface area (Å²) >= 11 is 0. The van der Waals surface area contributed by atoms with E-state index < -0.39 is 11.0 Å². The highest BCUT2D eigenvalue weighted by Crippen LogP contribution is 2.52. The number of piperidine rings is 1. The first kappa shape index (κ1) is 28.1. The molecule has 0 radical (unpaired) electrons. The Hall–Kier alpha value is -2.96. The highest BCUT2D eigenvalue weighted by atomic mass is 16.5. The number of benzene rings is 2. The quantitative estimate of drug-likeness (QED) is 0.191. The van der Waals surface area contributed by atoms with E-state index in [2.05, 4.69) is 41.1 Å². The number of rotatable bonds is 11. The topological polar surface area (TPSA) is 78.9 Å². The zero-order chi connectivity index (χ0) is 27.0. The van der Waals surface area contributed by atoms with Crippen LogP contribution in [-0.2, 0) is 21.4 Å². The van der Waals surface area contributed by atoms with Gasteiger partial charge >= 0.3 is 5.97 Å². The van der Waals surface area contributed by atoms with Gasteiger partial charge in [0, 0.05) is 37.9 Å². The molecule has 0 bridgehead atoms. The summed E-state index contributed by atoms with van der Waals surface area (Å²) in [7, 11) is 0. The zero-order valence-electron chi connectivity index (χ0n) is 22.7. The fourth-order valence-electron chi connectivity index (χ4n) is 6.48. The van der Waals surface area contributed by atoms with Crippen molar-refractivity contribution >= 4 is 11.9 Å². The van der Waals surface area contributed by atoms with Crippen molar-refractivity contribution in [1.29, 1.82) is 0 Å².